The van der Waals surface area contributed by atoms with Crippen molar-refractivity contribution >= 4 is 17.4 Å². The standard InChI is InChI=1S/C24H19F2NO2/c1-15-21-18(11-7-12-19(21)25)22(23(15)26)17-10-5-6-13-20(17)27-24(28)29-14-16-8-3-2-4-9-16/h2-13,22H,14H2,1H3,(H,27,28). The number of para-hydroxylation sites is 1. The van der Waals surface area contributed by atoms with Crippen molar-refractivity contribution in [3.63, 3.8) is 0 Å². The number of fused-ring (bicyclic) bond motifs is 1. The van der Waals surface area contributed by atoms with Crippen LogP contribution in [-0.2, 0) is 11.3 Å². The Bertz CT molecular complexity index is 1090. The van der Waals surface area contributed by atoms with Crippen LogP contribution in [0, 0.1) is 5.82 Å². The van der Waals surface area contributed by atoms with Crippen LogP contribution < -0.4 is 5.32 Å². The van der Waals surface area contributed by atoms with E-state index in [-0.39, 0.29) is 17.7 Å². The molecule has 0 saturated heterocycles. The first-order valence-corrected chi connectivity index (χ1v) is 9.28. The smallest absolute Gasteiger partial charge is 0.411 e. The van der Waals surface area contributed by atoms with Gasteiger partial charge in [0.05, 0.1) is 5.92 Å². The van der Waals surface area contributed by atoms with Gasteiger partial charge in [0.25, 0.3) is 0 Å². The molecule has 3 aromatic carbocycles. The van der Waals surface area contributed by atoms with Crippen molar-refractivity contribution in [2.75, 3.05) is 5.32 Å². The number of anilines is 1. The minimum Gasteiger partial charge on any atom is -0.444 e. The Morgan fingerprint density at radius 1 is 0.931 bits per heavy atom. The average molecular weight is 391 g/mol. The molecule has 0 heterocycles. The minimum absolute atomic E-state index is 0.125. The highest BCUT2D eigenvalue weighted by Gasteiger charge is 2.34. The molecule has 0 fully saturated rings. The third kappa shape index (κ3) is 3.63. The molecular formula is C24H19F2NO2. The van der Waals surface area contributed by atoms with Crippen LogP contribution in [0.15, 0.2) is 78.6 Å². The Kier molecular flexibility index (Phi) is 5.12. The average Bonchev–Trinajstić information content (AvgIpc) is 2.99. The van der Waals surface area contributed by atoms with Crippen LogP contribution in [0.1, 0.15) is 35.1 Å². The van der Waals surface area contributed by atoms with E-state index in [0.29, 0.717) is 16.8 Å². The predicted octanol–water partition coefficient (Wildman–Crippen LogP) is 6.42. The highest BCUT2D eigenvalue weighted by molar-refractivity contribution is 5.87. The first kappa shape index (κ1) is 18.9. The molecule has 1 amide bonds. The zero-order valence-electron chi connectivity index (χ0n) is 15.8. The highest BCUT2D eigenvalue weighted by Crippen LogP contribution is 2.48. The molecule has 5 heteroatoms. The van der Waals surface area contributed by atoms with Crippen LogP contribution in [0.25, 0.3) is 5.57 Å². The van der Waals surface area contributed by atoms with Gasteiger partial charge >= 0.3 is 6.09 Å². The molecule has 1 atom stereocenters. The fourth-order valence-corrected chi connectivity index (χ4v) is 3.69. The number of ether oxygens (including phenoxy) is 1. The van der Waals surface area contributed by atoms with E-state index in [0.717, 1.165) is 5.56 Å². The van der Waals surface area contributed by atoms with Crippen LogP contribution in [0.3, 0.4) is 0 Å². The molecule has 1 N–H and O–H groups in total. The summed E-state index contributed by atoms with van der Waals surface area (Å²) in [4.78, 5) is 12.3. The van der Waals surface area contributed by atoms with Gasteiger partial charge in [-0.25, -0.2) is 13.6 Å². The number of nitrogens with one attached hydrogen (secondary N) is 1. The molecule has 0 radical (unpaired) electrons. The van der Waals surface area contributed by atoms with E-state index in [9.17, 15) is 9.18 Å². The molecule has 3 aromatic rings. The summed E-state index contributed by atoms with van der Waals surface area (Å²) in [7, 11) is 0. The van der Waals surface area contributed by atoms with Crippen LogP contribution >= 0.6 is 0 Å². The van der Waals surface area contributed by atoms with E-state index in [2.05, 4.69) is 5.32 Å². The molecule has 0 saturated carbocycles. The van der Waals surface area contributed by atoms with Gasteiger partial charge < -0.3 is 4.74 Å². The van der Waals surface area contributed by atoms with Crippen molar-refractivity contribution in [2.45, 2.75) is 19.4 Å². The topological polar surface area (TPSA) is 38.3 Å². The van der Waals surface area contributed by atoms with Gasteiger partial charge in [0.15, 0.2) is 0 Å². The number of allylic oxidation sites excluding steroid dienone is 2. The Morgan fingerprint density at radius 2 is 1.62 bits per heavy atom. The zero-order valence-corrected chi connectivity index (χ0v) is 15.8. The molecule has 3 nitrogen and oxygen atoms in total. The predicted molar refractivity (Wildman–Crippen MR) is 109 cm³/mol. The molecule has 0 spiro atoms. The molecule has 146 valence electrons. The Labute approximate surface area is 167 Å². The largest absolute Gasteiger partial charge is 0.444 e. The Balaban J connectivity index is 1.60. The summed E-state index contributed by atoms with van der Waals surface area (Å²) < 4.78 is 34.7. The number of carbonyl (C=O) groups is 1. The van der Waals surface area contributed by atoms with Crippen molar-refractivity contribution in [3.05, 3.63) is 107 Å². The summed E-state index contributed by atoms with van der Waals surface area (Å²) in [5, 5.41) is 2.69. The third-order valence-corrected chi connectivity index (χ3v) is 5.06. The maximum absolute atomic E-state index is 15.1. The number of amides is 1. The van der Waals surface area contributed by atoms with E-state index in [4.69, 9.17) is 4.74 Å². The molecule has 0 aromatic heterocycles. The molecule has 1 aliphatic rings. The summed E-state index contributed by atoms with van der Waals surface area (Å²) in [5.41, 5.74) is 2.95. The lowest BCUT2D eigenvalue weighted by molar-refractivity contribution is 0.155. The van der Waals surface area contributed by atoms with Gasteiger partial charge in [-0.1, -0.05) is 60.7 Å². The quantitative estimate of drug-likeness (QED) is 0.557. The van der Waals surface area contributed by atoms with E-state index >= 15 is 4.39 Å². The lowest BCUT2D eigenvalue weighted by Gasteiger charge is -2.18. The van der Waals surface area contributed by atoms with Gasteiger partial charge in [-0.05, 0) is 41.3 Å². The molecule has 0 aliphatic heterocycles. The first-order valence-electron chi connectivity index (χ1n) is 9.28. The van der Waals surface area contributed by atoms with Gasteiger partial charge in [0.1, 0.15) is 18.3 Å². The zero-order chi connectivity index (χ0) is 20.4. The van der Waals surface area contributed by atoms with E-state index in [1.807, 2.05) is 30.3 Å². The second-order valence-electron chi connectivity index (χ2n) is 6.88. The van der Waals surface area contributed by atoms with Crippen LogP contribution in [0.5, 0.6) is 0 Å². The van der Waals surface area contributed by atoms with Gasteiger partial charge in [0, 0.05) is 11.3 Å². The number of hydrogen-bond acceptors (Lipinski definition) is 2. The third-order valence-electron chi connectivity index (χ3n) is 5.06. The lowest BCUT2D eigenvalue weighted by Crippen LogP contribution is -2.16. The van der Waals surface area contributed by atoms with Crippen molar-refractivity contribution in [1.29, 1.82) is 0 Å². The summed E-state index contributed by atoms with van der Waals surface area (Å²) >= 11 is 0. The molecule has 4 rings (SSSR count). The molecule has 1 aliphatic carbocycles. The lowest BCUT2D eigenvalue weighted by atomic mass is 9.91. The number of hydrogen-bond donors (Lipinski definition) is 1. The summed E-state index contributed by atoms with van der Waals surface area (Å²) in [6.45, 7) is 1.70. The van der Waals surface area contributed by atoms with Gasteiger partial charge in [-0.2, -0.15) is 0 Å². The minimum atomic E-state index is -0.772. The fraction of sp³-hybridized carbons (Fsp3) is 0.125. The summed E-state index contributed by atoms with van der Waals surface area (Å²) in [5.74, 6) is -1.64. The second kappa shape index (κ2) is 7.87. The van der Waals surface area contributed by atoms with Gasteiger partial charge in [0.2, 0.25) is 0 Å². The van der Waals surface area contributed by atoms with Crippen LogP contribution in [0.4, 0.5) is 19.3 Å². The molecular weight excluding hydrogens is 372 g/mol. The summed E-state index contributed by atoms with van der Waals surface area (Å²) in [6, 6.07) is 20.8. The molecule has 0 bridgehead atoms. The number of halogens is 2. The van der Waals surface area contributed by atoms with E-state index in [1.165, 1.54) is 6.07 Å². The van der Waals surface area contributed by atoms with E-state index in [1.54, 1.807) is 43.3 Å². The van der Waals surface area contributed by atoms with E-state index < -0.39 is 23.7 Å². The molecule has 1 unspecified atom stereocenters. The van der Waals surface area contributed by atoms with Gasteiger partial charge in [-0.15, -0.1) is 0 Å². The van der Waals surface area contributed by atoms with Crippen molar-refractivity contribution < 1.29 is 18.3 Å². The van der Waals surface area contributed by atoms with Crippen molar-refractivity contribution in [2.24, 2.45) is 0 Å². The molecule has 29 heavy (non-hydrogen) atoms. The maximum Gasteiger partial charge on any atom is 0.411 e. The van der Waals surface area contributed by atoms with Crippen LogP contribution in [0.2, 0.25) is 0 Å². The summed E-state index contributed by atoms with van der Waals surface area (Å²) in [6.07, 6.45) is -0.639. The number of rotatable bonds is 4. The number of benzene rings is 3. The SMILES string of the molecule is CC1=C(F)C(c2ccccc2NC(=O)OCc2ccccc2)c2cccc(F)c21. The second-order valence-corrected chi connectivity index (χ2v) is 6.88. The highest BCUT2D eigenvalue weighted by atomic mass is 19.1. The normalized spacial score (nSPS) is 15.2. The number of carbonyl (C=O) groups excluding carboxylic acids is 1. The monoisotopic (exact) mass is 391 g/mol. The first-order chi connectivity index (χ1) is 14.1. The van der Waals surface area contributed by atoms with Crippen molar-refractivity contribution in [3.8, 4) is 0 Å². The van der Waals surface area contributed by atoms with Crippen molar-refractivity contribution in [1.82, 2.24) is 0 Å². The van der Waals surface area contributed by atoms with Gasteiger partial charge in [-0.3, -0.25) is 5.32 Å². The Morgan fingerprint density at radius 3 is 2.41 bits per heavy atom. The van der Waals surface area contributed by atoms with Crippen LogP contribution in [-0.4, -0.2) is 6.09 Å². The maximum atomic E-state index is 15.1. The fourth-order valence-electron chi connectivity index (χ4n) is 3.69. The Hall–Kier alpha value is -3.47.